The Labute approximate surface area is 198 Å². The van der Waals surface area contributed by atoms with E-state index in [2.05, 4.69) is 24.9 Å². The highest BCUT2D eigenvalue weighted by Crippen LogP contribution is 2.31. The number of aliphatic hydroxyl groups excluding tert-OH is 1. The van der Waals surface area contributed by atoms with Crippen molar-refractivity contribution in [3.63, 3.8) is 0 Å². The lowest BCUT2D eigenvalue weighted by atomic mass is 10.1. The van der Waals surface area contributed by atoms with Crippen LogP contribution >= 0.6 is 11.6 Å². The molecule has 11 heteroatoms. The largest absolute Gasteiger partial charge is 0.472 e. The van der Waals surface area contributed by atoms with Crippen LogP contribution < -0.4 is 9.47 Å². The Morgan fingerprint density at radius 2 is 1.91 bits per heavy atom. The molecule has 1 aromatic carbocycles. The van der Waals surface area contributed by atoms with Crippen molar-refractivity contribution in [2.45, 2.75) is 31.0 Å². The molecule has 0 aliphatic carbocycles. The van der Waals surface area contributed by atoms with Gasteiger partial charge >= 0.3 is 0 Å². The molecule has 2 aliphatic heterocycles. The number of pyridine rings is 1. The third-order valence-electron chi connectivity index (χ3n) is 5.74. The van der Waals surface area contributed by atoms with Gasteiger partial charge in [0.2, 0.25) is 5.88 Å². The molecule has 0 spiro atoms. The lowest BCUT2D eigenvalue weighted by Crippen LogP contribution is -2.34. The van der Waals surface area contributed by atoms with Crippen LogP contribution in [0, 0.1) is 0 Å². The van der Waals surface area contributed by atoms with Crippen LogP contribution in [0.25, 0.3) is 22.6 Å². The molecule has 174 valence electrons. The highest BCUT2D eigenvalue weighted by atomic mass is 35.5. The molecule has 6 rings (SSSR count). The van der Waals surface area contributed by atoms with Crippen molar-refractivity contribution in [2.75, 3.05) is 13.2 Å². The SMILES string of the molecule is O[C@@H]1CO[C@H]2[C@@H]1OC[C@H]2Oc1nc2nc(OCc3cccc(-c4ncccn4)c3)c(Cl)cc2[nH]1. The minimum atomic E-state index is -0.643. The first-order valence-electron chi connectivity index (χ1n) is 10.8. The molecule has 0 bridgehead atoms. The highest BCUT2D eigenvalue weighted by Gasteiger charge is 2.48. The molecule has 2 aliphatic rings. The first-order valence-corrected chi connectivity index (χ1v) is 11.1. The average Bonchev–Trinajstić information content (AvgIpc) is 3.55. The van der Waals surface area contributed by atoms with Gasteiger partial charge in [0.1, 0.15) is 29.9 Å². The zero-order valence-electron chi connectivity index (χ0n) is 17.8. The van der Waals surface area contributed by atoms with Crippen molar-refractivity contribution in [3.8, 4) is 23.3 Å². The maximum atomic E-state index is 9.89. The van der Waals surface area contributed by atoms with Gasteiger partial charge in [0.05, 0.1) is 18.7 Å². The smallest absolute Gasteiger partial charge is 0.296 e. The second-order valence-electron chi connectivity index (χ2n) is 8.07. The van der Waals surface area contributed by atoms with Crippen molar-refractivity contribution in [1.29, 1.82) is 0 Å². The number of ether oxygens (including phenoxy) is 4. The summed E-state index contributed by atoms with van der Waals surface area (Å²) in [7, 11) is 0. The number of halogens is 1. The number of nitrogens with zero attached hydrogens (tertiary/aromatic N) is 4. The van der Waals surface area contributed by atoms with E-state index < -0.39 is 6.10 Å². The van der Waals surface area contributed by atoms with E-state index in [-0.39, 0.29) is 43.4 Å². The monoisotopic (exact) mass is 481 g/mol. The quantitative estimate of drug-likeness (QED) is 0.427. The van der Waals surface area contributed by atoms with Crippen LogP contribution in [0.5, 0.6) is 11.9 Å². The van der Waals surface area contributed by atoms with E-state index in [4.69, 9.17) is 30.5 Å². The van der Waals surface area contributed by atoms with Gasteiger partial charge in [-0.05, 0) is 23.8 Å². The Kier molecular flexibility index (Phi) is 5.50. The Hall–Kier alpha value is -3.31. The summed E-state index contributed by atoms with van der Waals surface area (Å²) in [6.45, 7) is 0.794. The van der Waals surface area contributed by atoms with Crippen LogP contribution in [0.1, 0.15) is 5.56 Å². The van der Waals surface area contributed by atoms with E-state index in [9.17, 15) is 5.11 Å². The Balaban J connectivity index is 1.17. The molecule has 4 aromatic rings. The maximum absolute atomic E-state index is 9.89. The molecule has 5 heterocycles. The van der Waals surface area contributed by atoms with Gasteiger partial charge in [0.25, 0.3) is 6.01 Å². The second-order valence-corrected chi connectivity index (χ2v) is 8.48. The molecule has 3 aromatic heterocycles. The van der Waals surface area contributed by atoms with Crippen molar-refractivity contribution in [2.24, 2.45) is 0 Å². The molecular weight excluding hydrogens is 462 g/mol. The van der Waals surface area contributed by atoms with Gasteiger partial charge in [0.15, 0.2) is 17.6 Å². The van der Waals surface area contributed by atoms with Crippen molar-refractivity contribution in [3.05, 3.63) is 59.4 Å². The van der Waals surface area contributed by atoms with Crippen LogP contribution in [-0.2, 0) is 16.1 Å². The van der Waals surface area contributed by atoms with Crippen molar-refractivity contribution >= 4 is 22.8 Å². The van der Waals surface area contributed by atoms with E-state index in [0.29, 0.717) is 28.6 Å². The average molecular weight is 482 g/mol. The molecule has 0 unspecified atom stereocenters. The van der Waals surface area contributed by atoms with Crippen LogP contribution in [0.3, 0.4) is 0 Å². The zero-order valence-corrected chi connectivity index (χ0v) is 18.6. The lowest BCUT2D eigenvalue weighted by molar-refractivity contribution is 0.00706. The summed E-state index contributed by atoms with van der Waals surface area (Å²) in [5.74, 6) is 0.905. The third kappa shape index (κ3) is 4.05. The maximum Gasteiger partial charge on any atom is 0.296 e. The number of imidazole rings is 1. The Bertz CT molecular complexity index is 1320. The van der Waals surface area contributed by atoms with Crippen molar-refractivity contribution < 1.29 is 24.1 Å². The molecule has 34 heavy (non-hydrogen) atoms. The topological polar surface area (TPSA) is 124 Å². The summed E-state index contributed by atoms with van der Waals surface area (Å²) in [5, 5.41) is 10.2. The molecular formula is C23H20ClN5O5. The Morgan fingerprint density at radius 1 is 1.06 bits per heavy atom. The molecule has 2 saturated heterocycles. The first-order chi connectivity index (χ1) is 16.6. The number of rotatable bonds is 6. The predicted molar refractivity (Wildman–Crippen MR) is 121 cm³/mol. The predicted octanol–water partition coefficient (Wildman–Crippen LogP) is 2.55. The van der Waals surface area contributed by atoms with Crippen LogP contribution in [0.2, 0.25) is 5.02 Å². The molecule has 0 saturated carbocycles. The van der Waals surface area contributed by atoms with E-state index in [0.717, 1.165) is 11.1 Å². The van der Waals surface area contributed by atoms with Crippen LogP contribution in [0.4, 0.5) is 0 Å². The molecule has 2 N–H and O–H groups in total. The minimum absolute atomic E-state index is 0.231. The fraction of sp³-hybridized carbons (Fsp3) is 0.304. The van der Waals surface area contributed by atoms with E-state index in [1.807, 2.05) is 24.3 Å². The third-order valence-corrected chi connectivity index (χ3v) is 6.01. The standard InChI is InChI=1S/C23H20ClN5O5/c24-14-8-15-21(29-23(27-15)34-17-11-32-18-16(30)10-31-19(17)18)28-22(14)33-9-12-3-1-4-13(7-12)20-25-5-2-6-26-20/h1-8,16-19,30H,9-11H2,(H,27,28,29)/t16-,17-,18-,19-/m1/s1. The summed E-state index contributed by atoms with van der Waals surface area (Å²) in [4.78, 5) is 20.5. The van der Waals surface area contributed by atoms with E-state index in [1.54, 1.807) is 24.5 Å². The van der Waals surface area contributed by atoms with Crippen molar-refractivity contribution in [1.82, 2.24) is 24.9 Å². The van der Waals surface area contributed by atoms with Gasteiger partial charge in [-0.1, -0.05) is 29.8 Å². The summed E-state index contributed by atoms with van der Waals surface area (Å²) < 4.78 is 23.0. The normalized spacial score (nSPS) is 23.8. The van der Waals surface area contributed by atoms with E-state index >= 15 is 0 Å². The molecule has 0 radical (unpaired) electrons. The number of fused-ring (bicyclic) bond motifs is 2. The second kappa shape index (κ2) is 8.80. The fourth-order valence-corrected chi connectivity index (χ4v) is 4.33. The lowest BCUT2D eigenvalue weighted by Gasteiger charge is -2.15. The minimum Gasteiger partial charge on any atom is -0.472 e. The number of hydrogen-bond donors (Lipinski definition) is 2. The molecule has 0 amide bonds. The number of aliphatic hydroxyl groups is 1. The fourth-order valence-electron chi connectivity index (χ4n) is 4.12. The summed E-state index contributed by atoms with van der Waals surface area (Å²) in [6.07, 6.45) is 1.66. The summed E-state index contributed by atoms with van der Waals surface area (Å²) in [5.41, 5.74) is 2.83. The van der Waals surface area contributed by atoms with Gasteiger partial charge in [-0.2, -0.15) is 9.97 Å². The van der Waals surface area contributed by atoms with Gasteiger partial charge in [-0.15, -0.1) is 0 Å². The molecule has 2 fully saturated rings. The number of hydrogen-bond acceptors (Lipinski definition) is 9. The molecule has 10 nitrogen and oxygen atoms in total. The van der Waals surface area contributed by atoms with Gasteiger partial charge in [-0.25, -0.2) is 9.97 Å². The zero-order chi connectivity index (χ0) is 23.1. The first kappa shape index (κ1) is 21.2. The molecule has 4 atom stereocenters. The number of H-pyrrole nitrogens is 1. The summed E-state index contributed by atoms with van der Waals surface area (Å²) >= 11 is 6.40. The van der Waals surface area contributed by atoms with Crippen LogP contribution in [-0.4, -0.2) is 67.7 Å². The summed E-state index contributed by atoms with van der Waals surface area (Å²) in [6, 6.07) is 11.5. The number of aromatic nitrogens is 5. The highest BCUT2D eigenvalue weighted by molar-refractivity contribution is 6.32. The number of benzene rings is 1. The van der Waals surface area contributed by atoms with E-state index in [1.165, 1.54) is 0 Å². The number of aromatic amines is 1. The van der Waals surface area contributed by atoms with Gasteiger partial charge in [0, 0.05) is 18.0 Å². The Morgan fingerprint density at radius 3 is 2.79 bits per heavy atom. The van der Waals surface area contributed by atoms with Gasteiger partial charge in [-0.3, -0.25) is 0 Å². The number of nitrogens with one attached hydrogen (secondary N) is 1. The van der Waals surface area contributed by atoms with Gasteiger partial charge < -0.3 is 29.0 Å². The van der Waals surface area contributed by atoms with Crippen LogP contribution in [0.15, 0.2) is 48.8 Å².